The summed E-state index contributed by atoms with van der Waals surface area (Å²) in [6.45, 7) is 1.52. The Hall–Kier alpha value is -1.68. The van der Waals surface area contributed by atoms with Crippen molar-refractivity contribution in [3.05, 3.63) is 29.4 Å². The smallest absolute Gasteiger partial charge is 0.306 e. The number of carboxylic acid groups (broad SMARTS) is 1. The predicted molar refractivity (Wildman–Crippen MR) is 75.9 cm³/mol. The normalized spacial score (nSPS) is 17.0. The Morgan fingerprint density at radius 2 is 2.11 bits per heavy atom. The van der Waals surface area contributed by atoms with E-state index in [1.807, 2.05) is 24.4 Å². The zero-order chi connectivity index (χ0) is 13.4. The van der Waals surface area contributed by atoms with E-state index in [0.717, 1.165) is 29.7 Å². The first-order chi connectivity index (χ1) is 9.15. The fourth-order valence-electron chi connectivity index (χ4n) is 2.74. The molecule has 0 unspecified atom stereocenters. The van der Waals surface area contributed by atoms with Crippen molar-refractivity contribution in [1.29, 1.82) is 0 Å². The van der Waals surface area contributed by atoms with Crippen molar-refractivity contribution in [2.45, 2.75) is 12.8 Å². The molecule has 2 N–H and O–H groups in total. The number of nitrogens with zero attached hydrogens (tertiary/aromatic N) is 1. The molecule has 19 heavy (non-hydrogen) atoms. The molecule has 1 aromatic carbocycles. The lowest BCUT2D eigenvalue weighted by atomic mass is 9.96. The van der Waals surface area contributed by atoms with Crippen molar-refractivity contribution in [3.8, 4) is 0 Å². The van der Waals surface area contributed by atoms with Gasteiger partial charge in [-0.2, -0.15) is 0 Å². The van der Waals surface area contributed by atoms with Gasteiger partial charge in [0.15, 0.2) is 0 Å². The van der Waals surface area contributed by atoms with E-state index in [0.29, 0.717) is 17.9 Å². The van der Waals surface area contributed by atoms with Gasteiger partial charge < -0.3 is 15.0 Å². The molecule has 1 aliphatic heterocycles. The third-order valence-electron chi connectivity index (χ3n) is 3.80. The summed E-state index contributed by atoms with van der Waals surface area (Å²) in [5.41, 5.74) is 2.11. The average Bonchev–Trinajstić information content (AvgIpc) is 2.85. The highest BCUT2D eigenvalue weighted by molar-refractivity contribution is 6.31. The van der Waals surface area contributed by atoms with Crippen molar-refractivity contribution in [2.75, 3.05) is 18.0 Å². The Balaban J connectivity index is 1.89. The fraction of sp³-hybridized carbons (Fsp3) is 0.357. The molecule has 0 atom stereocenters. The number of hydrogen-bond donors (Lipinski definition) is 2. The third-order valence-corrected chi connectivity index (χ3v) is 4.01. The highest BCUT2D eigenvalue weighted by Crippen LogP contribution is 2.32. The molecule has 1 aliphatic rings. The predicted octanol–water partition coefficient (Wildman–Crippen LogP) is 3.12. The number of halogens is 1. The molecule has 0 aliphatic carbocycles. The number of aliphatic carboxylic acids is 1. The summed E-state index contributed by atoms with van der Waals surface area (Å²) in [5.74, 6) is -0.894. The molecule has 100 valence electrons. The number of fused-ring (bicyclic) bond motifs is 1. The Bertz CT molecular complexity index is 615. The first kappa shape index (κ1) is 12.4. The van der Waals surface area contributed by atoms with Gasteiger partial charge in [-0.3, -0.25) is 4.79 Å². The summed E-state index contributed by atoms with van der Waals surface area (Å²) in [5, 5.41) is 10.9. The van der Waals surface area contributed by atoms with Gasteiger partial charge >= 0.3 is 5.97 Å². The van der Waals surface area contributed by atoms with Crippen LogP contribution >= 0.6 is 11.6 Å². The number of piperidine rings is 1. The minimum atomic E-state index is -0.683. The van der Waals surface area contributed by atoms with E-state index in [-0.39, 0.29) is 5.92 Å². The van der Waals surface area contributed by atoms with Crippen molar-refractivity contribution >= 4 is 34.2 Å². The number of nitrogens with one attached hydrogen (secondary N) is 1. The summed E-state index contributed by atoms with van der Waals surface area (Å²) < 4.78 is 0. The van der Waals surface area contributed by atoms with E-state index in [9.17, 15) is 4.79 Å². The number of H-pyrrole nitrogens is 1. The number of carbonyl (C=O) groups is 1. The number of aromatic nitrogens is 1. The zero-order valence-electron chi connectivity index (χ0n) is 10.4. The van der Waals surface area contributed by atoms with Gasteiger partial charge in [0.25, 0.3) is 0 Å². The van der Waals surface area contributed by atoms with E-state index in [1.165, 1.54) is 0 Å². The Labute approximate surface area is 116 Å². The van der Waals surface area contributed by atoms with E-state index in [1.54, 1.807) is 0 Å². The van der Waals surface area contributed by atoms with Gasteiger partial charge in [-0.1, -0.05) is 11.6 Å². The lowest BCUT2D eigenvalue weighted by molar-refractivity contribution is -0.142. The van der Waals surface area contributed by atoms with Crippen LogP contribution in [0.3, 0.4) is 0 Å². The zero-order valence-corrected chi connectivity index (χ0v) is 11.2. The second-order valence-corrected chi connectivity index (χ2v) is 5.40. The molecule has 0 radical (unpaired) electrons. The number of anilines is 1. The number of hydrogen-bond acceptors (Lipinski definition) is 2. The van der Waals surface area contributed by atoms with Crippen LogP contribution < -0.4 is 4.90 Å². The monoisotopic (exact) mass is 278 g/mol. The van der Waals surface area contributed by atoms with Crippen LogP contribution in [0, 0.1) is 5.92 Å². The van der Waals surface area contributed by atoms with Gasteiger partial charge in [0.05, 0.1) is 5.92 Å². The van der Waals surface area contributed by atoms with Gasteiger partial charge in [-0.25, -0.2) is 0 Å². The minimum Gasteiger partial charge on any atom is -0.481 e. The highest BCUT2D eigenvalue weighted by Gasteiger charge is 2.25. The highest BCUT2D eigenvalue weighted by atomic mass is 35.5. The Morgan fingerprint density at radius 3 is 2.79 bits per heavy atom. The average molecular weight is 279 g/mol. The second-order valence-electron chi connectivity index (χ2n) is 4.96. The molecule has 0 saturated carbocycles. The Kier molecular flexibility index (Phi) is 3.11. The van der Waals surface area contributed by atoms with Crippen LogP contribution in [0.15, 0.2) is 24.4 Å². The summed E-state index contributed by atoms with van der Waals surface area (Å²) in [6.07, 6.45) is 3.27. The molecule has 2 heterocycles. The Morgan fingerprint density at radius 1 is 1.37 bits per heavy atom. The standard InChI is InChI=1S/C14H15ClN2O2/c15-10-7-12-11(1-4-16-12)13(8-10)17-5-2-9(3-6-17)14(18)19/h1,4,7-9,16H,2-3,5-6H2,(H,18,19). The molecule has 4 nitrogen and oxygen atoms in total. The molecular weight excluding hydrogens is 264 g/mol. The minimum absolute atomic E-state index is 0.211. The molecule has 1 saturated heterocycles. The molecule has 1 aromatic heterocycles. The van der Waals surface area contributed by atoms with Gasteiger partial charge in [0, 0.05) is 40.9 Å². The summed E-state index contributed by atoms with van der Waals surface area (Å²) >= 11 is 6.14. The lowest BCUT2D eigenvalue weighted by Gasteiger charge is -2.32. The molecule has 0 amide bonds. The van der Waals surface area contributed by atoms with Gasteiger partial charge in [-0.15, -0.1) is 0 Å². The molecule has 0 bridgehead atoms. The van der Waals surface area contributed by atoms with E-state index >= 15 is 0 Å². The fourth-order valence-corrected chi connectivity index (χ4v) is 2.95. The molecule has 1 fully saturated rings. The maximum absolute atomic E-state index is 11.0. The van der Waals surface area contributed by atoms with E-state index < -0.39 is 5.97 Å². The van der Waals surface area contributed by atoms with Gasteiger partial charge in [0.1, 0.15) is 0 Å². The second kappa shape index (κ2) is 4.78. The van der Waals surface area contributed by atoms with E-state index in [4.69, 9.17) is 16.7 Å². The van der Waals surface area contributed by atoms with Crippen LogP contribution in [0.1, 0.15) is 12.8 Å². The maximum atomic E-state index is 11.0. The number of benzene rings is 1. The first-order valence-corrected chi connectivity index (χ1v) is 6.77. The quantitative estimate of drug-likeness (QED) is 0.887. The largest absolute Gasteiger partial charge is 0.481 e. The van der Waals surface area contributed by atoms with E-state index in [2.05, 4.69) is 9.88 Å². The summed E-state index contributed by atoms with van der Waals surface area (Å²) in [6, 6.07) is 5.90. The maximum Gasteiger partial charge on any atom is 0.306 e. The van der Waals surface area contributed by atoms with Crippen LogP contribution in [0.2, 0.25) is 5.02 Å². The molecular formula is C14H15ClN2O2. The van der Waals surface area contributed by atoms with Crippen LogP contribution in [0.5, 0.6) is 0 Å². The number of rotatable bonds is 2. The molecule has 5 heteroatoms. The summed E-state index contributed by atoms with van der Waals surface area (Å²) in [4.78, 5) is 16.4. The third kappa shape index (κ3) is 2.28. The van der Waals surface area contributed by atoms with Crippen molar-refractivity contribution in [3.63, 3.8) is 0 Å². The van der Waals surface area contributed by atoms with Crippen molar-refractivity contribution in [2.24, 2.45) is 5.92 Å². The topological polar surface area (TPSA) is 56.3 Å². The molecule has 3 rings (SSSR count). The number of carboxylic acids is 1. The van der Waals surface area contributed by atoms with Crippen LogP contribution in [-0.2, 0) is 4.79 Å². The first-order valence-electron chi connectivity index (χ1n) is 6.39. The van der Waals surface area contributed by atoms with Crippen molar-refractivity contribution in [1.82, 2.24) is 4.98 Å². The molecule has 2 aromatic rings. The van der Waals surface area contributed by atoms with Crippen LogP contribution in [0.25, 0.3) is 10.9 Å². The number of aromatic amines is 1. The van der Waals surface area contributed by atoms with Gasteiger partial charge in [0.2, 0.25) is 0 Å². The summed E-state index contributed by atoms with van der Waals surface area (Å²) in [7, 11) is 0. The van der Waals surface area contributed by atoms with Crippen LogP contribution in [0.4, 0.5) is 5.69 Å². The van der Waals surface area contributed by atoms with Gasteiger partial charge in [-0.05, 0) is 31.0 Å². The van der Waals surface area contributed by atoms with Crippen molar-refractivity contribution < 1.29 is 9.90 Å². The van der Waals surface area contributed by atoms with Crippen LogP contribution in [-0.4, -0.2) is 29.1 Å². The lowest BCUT2D eigenvalue weighted by Crippen LogP contribution is -2.36. The molecule has 0 spiro atoms. The SMILES string of the molecule is O=C(O)C1CCN(c2cc(Cl)cc3[nH]ccc23)CC1.